The third-order valence-corrected chi connectivity index (χ3v) is 4.66. The van der Waals surface area contributed by atoms with Crippen LogP contribution < -0.4 is 10.0 Å². The van der Waals surface area contributed by atoms with E-state index in [9.17, 15) is 22.0 Å². The Morgan fingerprint density at radius 1 is 1.12 bits per heavy atom. The number of carbonyl (C=O) groups is 1. The number of amides is 1. The van der Waals surface area contributed by atoms with Crippen LogP contribution >= 0.6 is 0 Å². The average Bonchev–Trinajstić information content (AvgIpc) is 2.58. The summed E-state index contributed by atoms with van der Waals surface area (Å²) in [4.78, 5) is 12.0. The fourth-order valence-corrected chi connectivity index (χ4v) is 3.03. The highest BCUT2D eigenvalue weighted by Gasteiger charge is 2.17. The van der Waals surface area contributed by atoms with Crippen LogP contribution in [0.25, 0.3) is 0 Å². The monoisotopic (exact) mass is 370 g/mol. The quantitative estimate of drug-likeness (QED) is 0.732. The third kappa shape index (κ3) is 4.81. The summed E-state index contributed by atoms with van der Waals surface area (Å²) >= 11 is 0. The Bertz CT molecular complexity index is 852. The molecular weight excluding hydrogens is 354 g/mol. The lowest BCUT2D eigenvalue weighted by molar-refractivity contribution is 0.102. The molecule has 0 spiro atoms. The number of rotatable bonds is 7. The Balaban J connectivity index is 2.22. The number of benzene rings is 2. The van der Waals surface area contributed by atoms with E-state index in [1.54, 1.807) is 0 Å². The van der Waals surface area contributed by atoms with Crippen LogP contribution in [0.5, 0.6) is 0 Å². The molecule has 1 amide bonds. The second-order valence-corrected chi connectivity index (χ2v) is 6.74. The molecule has 0 aliphatic rings. The largest absolute Gasteiger partial charge is 0.383 e. The predicted molar refractivity (Wildman–Crippen MR) is 87.8 cm³/mol. The Morgan fingerprint density at radius 3 is 2.40 bits per heavy atom. The zero-order valence-electron chi connectivity index (χ0n) is 13.3. The van der Waals surface area contributed by atoms with Crippen LogP contribution in [0.15, 0.2) is 47.4 Å². The smallest absolute Gasteiger partial charge is 0.255 e. The minimum Gasteiger partial charge on any atom is -0.383 e. The van der Waals surface area contributed by atoms with Crippen molar-refractivity contribution in [2.45, 2.75) is 4.90 Å². The van der Waals surface area contributed by atoms with Gasteiger partial charge >= 0.3 is 0 Å². The van der Waals surface area contributed by atoms with Gasteiger partial charge in [0.1, 0.15) is 17.3 Å². The van der Waals surface area contributed by atoms with Gasteiger partial charge in [0, 0.05) is 19.2 Å². The van der Waals surface area contributed by atoms with Gasteiger partial charge in [0.05, 0.1) is 11.5 Å². The van der Waals surface area contributed by atoms with Crippen molar-refractivity contribution in [3.05, 3.63) is 59.7 Å². The van der Waals surface area contributed by atoms with Gasteiger partial charge in [-0.25, -0.2) is 21.9 Å². The molecule has 2 N–H and O–H groups in total. The summed E-state index contributed by atoms with van der Waals surface area (Å²) in [5, 5.41) is 2.10. The second kappa shape index (κ2) is 8.15. The number of ether oxygens (including phenoxy) is 1. The van der Waals surface area contributed by atoms with E-state index < -0.39 is 33.3 Å². The fraction of sp³-hybridized carbons (Fsp3) is 0.188. The third-order valence-electron chi connectivity index (χ3n) is 3.21. The Morgan fingerprint density at radius 2 is 1.76 bits per heavy atom. The normalized spacial score (nSPS) is 11.3. The molecule has 2 aromatic carbocycles. The van der Waals surface area contributed by atoms with Crippen molar-refractivity contribution in [1.82, 2.24) is 4.72 Å². The molecule has 9 heteroatoms. The van der Waals surface area contributed by atoms with Crippen LogP contribution in [0.1, 0.15) is 10.4 Å². The summed E-state index contributed by atoms with van der Waals surface area (Å²) in [5.74, 6) is -2.70. The van der Waals surface area contributed by atoms with Crippen molar-refractivity contribution in [2.24, 2.45) is 0 Å². The number of nitrogens with one attached hydrogen (secondary N) is 2. The van der Waals surface area contributed by atoms with Gasteiger partial charge in [0.15, 0.2) is 0 Å². The molecule has 25 heavy (non-hydrogen) atoms. The number of carbonyl (C=O) groups excluding carboxylic acids is 1. The maximum Gasteiger partial charge on any atom is 0.255 e. The first-order valence-corrected chi connectivity index (χ1v) is 8.67. The van der Waals surface area contributed by atoms with Gasteiger partial charge in [-0.15, -0.1) is 0 Å². The van der Waals surface area contributed by atoms with E-state index in [4.69, 9.17) is 4.74 Å². The number of para-hydroxylation sites is 1. The van der Waals surface area contributed by atoms with Gasteiger partial charge in [0.2, 0.25) is 10.0 Å². The molecule has 6 nitrogen and oxygen atoms in total. The summed E-state index contributed by atoms with van der Waals surface area (Å²) in [5.41, 5.74) is -0.656. The first-order valence-electron chi connectivity index (χ1n) is 7.19. The molecule has 134 valence electrons. The van der Waals surface area contributed by atoms with Crippen molar-refractivity contribution in [1.29, 1.82) is 0 Å². The van der Waals surface area contributed by atoms with Gasteiger partial charge in [-0.3, -0.25) is 4.79 Å². The minimum absolute atomic E-state index is 0.0581. The summed E-state index contributed by atoms with van der Waals surface area (Å²) in [6.07, 6.45) is 0. The molecule has 0 fully saturated rings. The SMILES string of the molecule is COCCNS(=O)(=O)c1cccc(C(=O)Nc2c(F)cccc2F)c1. The topological polar surface area (TPSA) is 84.5 Å². The van der Waals surface area contributed by atoms with Crippen molar-refractivity contribution in [3.63, 3.8) is 0 Å². The molecule has 0 aliphatic carbocycles. The molecule has 0 radical (unpaired) electrons. The number of sulfonamides is 1. The van der Waals surface area contributed by atoms with Crippen LogP contribution in [-0.4, -0.2) is 34.6 Å². The Labute approximate surface area is 143 Å². The lowest BCUT2D eigenvalue weighted by Gasteiger charge is -2.10. The maximum atomic E-state index is 13.6. The van der Waals surface area contributed by atoms with Gasteiger partial charge in [-0.1, -0.05) is 12.1 Å². The molecule has 2 aromatic rings. The summed E-state index contributed by atoms with van der Waals surface area (Å²) in [7, 11) is -2.40. The van der Waals surface area contributed by atoms with Gasteiger partial charge < -0.3 is 10.1 Å². The lowest BCUT2D eigenvalue weighted by Crippen LogP contribution is -2.27. The second-order valence-electron chi connectivity index (χ2n) is 4.97. The maximum absolute atomic E-state index is 13.6. The molecule has 0 saturated carbocycles. The fourth-order valence-electron chi connectivity index (χ4n) is 1.97. The van der Waals surface area contributed by atoms with E-state index in [0.717, 1.165) is 18.2 Å². The Hall–Kier alpha value is -2.36. The molecule has 0 aliphatic heterocycles. The zero-order valence-corrected chi connectivity index (χ0v) is 14.1. The van der Waals surface area contributed by atoms with Crippen LogP contribution in [0.2, 0.25) is 0 Å². The molecule has 0 bridgehead atoms. The number of hydrogen-bond donors (Lipinski definition) is 2. The first-order chi connectivity index (χ1) is 11.8. The highest BCUT2D eigenvalue weighted by Crippen LogP contribution is 2.19. The standard InChI is InChI=1S/C16H16F2N2O4S/c1-24-9-8-19-25(22,23)12-5-2-4-11(10-12)16(21)20-15-13(17)6-3-7-14(15)18/h2-7,10,19H,8-9H2,1H3,(H,20,21). The Kier molecular flexibility index (Phi) is 6.18. The van der Waals surface area contributed by atoms with Crippen LogP contribution in [0.3, 0.4) is 0 Å². The van der Waals surface area contributed by atoms with E-state index in [1.807, 2.05) is 0 Å². The van der Waals surface area contributed by atoms with E-state index in [1.165, 1.54) is 31.4 Å². The number of hydrogen-bond acceptors (Lipinski definition) is 4. The lowest BCUT2D eigenvalue weighted by atomic mass is 10.2. The van der Waals surface area contributed by atoms with E-state index >= 15 is 0 Å². The van der Waals surface area contributed by atoms with Crippen LogP contribution in [0, 0.1) is 11.6 Å². The molecule has 0 heterocycles. The average molecular weight is 370 g/mol. The first kappa shape index (κ1) is 19.0. The van der Waals surface area contributed by atoms with Crippen molar-refractivity contribution in [3.8, 4) is 0 Å². The van der Waals surface area contributed by atoms with Gasteiger partial charge in [-0.05, 0) is 30.3 Å². The number of anilines is 1. The number of methoxy groups -OCH3 is 1. The van der Waals surface area contributed by atoms with Crippen LogP contribution in [0.4, 0.5) is 14.5 Å². The summed E-state index contributed by atoms with van der Waals surface area (Å²) in [6.45, 7) is 0.252. The molecule has 2 rings (SSSR count). The van der Waals surface area contributed by atoms with Gasteiger partial charge in [-0.2, -0.15) is 0 Å². The van der Waals surface area contributed by atoms with Crippen molar-refractivity contribution < 1.29 is 26.7 Å². The van der Waals surface area contributed by atoms with E-state index in [0.29, 0.717) is 0 Å². The van der Waals surface area contributed by atoms with Crippen molar-refractivity contribution in [2.75, 3.05) is 25.6 Å². The van der Waals surface area contributed by atoms with E-state index in [-0.39, 0.29) is 23.6 Å². The zero-order chi connectivity index (χ0) is 18.4. The molecule has 0 saturated heterocycles. The minimum atomic E-state index is -3.84. The summed E-state index contributed by atoms with van der Waals surface area (Å²) in [6, 6.07) is 8.27. The van der Waals surface area contributed by atoms with Crippen LogP contribution in [-0.2, 0) is 14.8 Å². The molecule has 0 unspecified atom stereocenters. The highest BCUT2D eigenvalue weighted by molar-refractivity contribution is 7.89. The number of halogens is 2. The predicted octanol–water partition coefficient (Wildman–Crippen LogP) is 2.14. The summed E-state index contributed by atoms with van der Waals surface area (Å²) < 4.78 is 58.5. The van der Waals surface area contributed by atoms with Gasteiger partial charge in [0.25, 0.3) is 5.91 Å². The van der Waals surface area contributed by atoms with Crippen molar-refractivity contribution >= 4 is 21.6 Å². The highest BCUT2D eigenvalue weighted by atomic mass is 32.2. The molecule has 0 aromatic heterocycles. The van der Waals surface area contributed by atoms with E-state index in [2.05, 4.69) is 10.0 Å². The molecular formula is C16H16F2N2O4S. The molecule has 0 atom stereocenters.